The van der Waals surface area contributed by atoms with Crippen molar-refractivity contribution in [3.63, 3.8) is 0 Å². The van der Waals surface area contributed by atoms with E-state index in [1.54, 1.807) is 6.07 Å². The molecule has 0 atom stereocenters. The summed E-state index contributed by atoms with van der Waals surface area (Å²) in [4.78, 5) is 0.556. The summed E-state index contributed by atoms with van der Waals surface area (Å²) in [6.45, 7) is 0.624. The maximum Gasteiger partial charge on any atom is 0.139 e. The van der Waals surface area contributed by atoms with Crippen molar-refractivity contribution in [3.8, 4) is 5.75 Å². The molecule has 0 bridgehead atoms. The van der Waals surface area contributed by atoms with Gasteiger partial charge in [-0.05, 0) is 37.5 Å². The summed E-state index contributed by atoms with van der Waals surface area (Å²) in [6, 6.07) is 5.54. The third-order valence-corrected chi connectivity index (χ3v) is 2.98. The predicted molar refractivity (Wildman–Crippen MR) is 75.3 cm³/mol. The van der Waals surface area contributed by atoms with Crippen molar-refractivity contribution in [1.29, 1.82) is 0 Å². The summed E-state index contributed by atoms with van der Waals surface area (Å²) >= 11 is 14.1. The Bertz CT molecular complexity index is 373. The van der Waals surface area contributed by atoms with Gasteiger partial charge in [-0.1, -0.05) is 39.7 Å². The Labute approximate surface area is 114 Å². The highest BCUT2D eigenvalue weighted by atomic mass is 79.9. The number of rotatable bonds is 6. The van der Waals surface area contributed by atoms with Crippen LogP contribution in [0.2, 0.25) is 5.02 Å². The van der Waals surface area contributed by atoms with Crippen molar-refractivity contribution in [1.82, 2.24) is 0 Å². The molecule has 88 valence electrons. The third-order valence-electron chi connectivity index (χ3n) is 1.97. The lowest BCUT2D eigenvalue weighted by atomic mass is 10.2. The number of benzene rings is 1. The van der Waals surface area contributed by atoms with E-state index in [1.807, 2.05) is 12.1 Å². The number of thiocarbonyl (C=S) groups is 1. The van der Waals surface area contributed by atoms with Crippen molar-refractivity contribution in [3.05, 3.63) is 27.7 Å². The number of hydrogen-bond acceptors (Lipinski definition) is 2. The van der Waals surface area contributed by atoms with Crippen LogP contribution in [0.25, 0.3) is 0 Å². The van der Waals surface area contributed by atoms with Crippen LogP contribution in [0.5, 0.6) is 5.75 Å². The van der Waals surface area contributed by atoms with Gasteiger partial charge in [-0.2, -0.15) is 0 Å². The van der Waals surface area contributed by atoms with Crippen LogP contribution in [0.15, 0.2) is 22.7 Å². The average Bonchev–Trinajstić information content (AvgIpc) is 2.22. The summed E-state index contributed by atoms with van der Waals surface area (Å²) in [5.41, 5.74) is 5.39. The average molecular weight is 323 g/mol. The molecule has 0 aliphatic heterocycles. The fourth-order valence-electron chi connectivity index (χ4n) is 1.17. The summed E-state index contributed by atoms with van der Waals surface area (Å²) in [5, 5.41) is 0.623. The summed E-state index contributed by atoms with van der Waals surface area (Å²) in [5.74, 6) is 0.700. The number of unbranched alkanes of at least 4 members (excludes halogenated alkanes) is 1. The first-order valence-electron chi connectivity index (χ1n) is 4.96. The van der Waals surface area contributed by atoms with E-state index in [0.29, 0.717) is 22.4 Å². The Hall–Kier alpha value is -0.320. The lowest BCUT2D eigenvalue weighted by molar-refractivity contribution is 0.308. The van der Waals surface area contributed by atoms with Gasteiger partial charge in [0.25, 0.3) is 0 Å². The SMILES string of the molecule is NC(=S)CCCCOc1cc(Br)ccc1Cl. The van der Waals surface area contributed by atoms with Crippen LogP contribution in [0, 0.1) is 0 Å². The second kappa shape index (κ2) is 7.09. The van der Waals surface area contributed by atoms with Gasteiger partial charge in [-0.3, -0.25) is 0 Å². The van der Waals surface area contributed by atoms with E-state index in [1.165, 1.54) is 0 Å². The molecule has 1 aromatic rings. The second-order valence-corrected chi connectivity index (χ2v) is 5.19. The Morgan fingerprint density at radius 1 is 1.44 bits per heavy atom. The Balaban J connectivity index is 2.31. The normalized spacial score (nSPS) is 10.1. The van der Waals surface area contributed by atoms with E-state index in [9.17, 15) is 0 Å². The fourth-order valence-corrected chi connectivity index (χ4v) is 1.83. The lowest BCUT2D eigenvalue weighted by Gasteiger charge is -2.08. The van der Waals surface area contributed by atoms with Crippen molar-refractivity contribution < 1.29 is 4.74 Å². The van der Waals surface area contributed by atoms with E-state index in [2.05, 4.69) is 15.9 Å². The minimum atomic E-state index is 0.556. The van der Waals surface area contributed by atoms with Gasteiger partial charge in [0.05, 0.1) is 16.6 Å². The van der Waals surface area contributed by atoms with Gasteiger partial charge >= 0.3 is 0 Å². The van der Waals surface area contributed by atoms with Gasteiger partial charge in [0.2, 0.25) is 0 Å². The lowest BCUT2D eigenvalue weighted by Crippen LogP contribution is -2.08. The van der Waals surface area contributed by atoms with E-state index in [4.69, 9.17) is 34.3 Å². The molecule has 0 radical (unpaired) electrons. The Kier molecular flexibility index (Phi) is 6.09. The van der Waals surface area contributed by atoms with Crippen LogP contribution in [-0.2, 0) is 0 Å². The first kappa shape index (κ1) is 13.7. The minimum absolute atomic E-state index is 0.556. The number of halogens is 2. The van der Waals surface area contributed by atoms with Crippen LogP contribution >= 0.6 is 39.7 Å². The molecular formula is C11H13BrClNOS. The molecular weight excluding hydrogens is 310 g/mol. The molecule has 2 N–H and O–H groups in total. The largest absolute Gasteiger partial charge is 0.492 e. The molecule has 0 saturated heterocycles. The molecule has 0 fully saturated rings. The molecule has 16 heavy (non-hydrogen) atoms. The highest BCUT2D eigenvalue weighted by Crippen LogP contribution is 2.27. The molecule has 2 nitrogen and oxygen atoms in total. The molecule has 0 saturated carbocycles. The van der Waals surface area contributed by atoms with Crippen molar-refractivity contribution in [2.45, 2.75) is 19.3 Å². The highest BCUT2D eigenvalue weighted by molar-refractivity contribution is 9.10. The van der Waals surface area contributed by atoms with E-state index < -0.39 is 0 Å². The maximum atomic E-state index is 5.97. The van der Waals surface area contributed by atoms with Crippen molar-refractivity contribution >= 4 is 44.7 Å². The number of hydrogen-bond donors (Lipinski definition) is 1. The Morgan fingerprint density at radius 2 is 2.19 bits per heavy atom. The monoisotopic (exact) mass is 321 g/mol. The van der Waals surface area contributed by atoms with Gasteiger partial charge in [-0.15, -0.1) is 0 Å². The second-order valence-electron chi connectivity index (χ2n) is 3.35. The topological polar surface area (TPSA) is 35.2 Å². The zero-order valence-corrected chi connectivity index (χ0v) is 11.9. The highest BCUT2D eigenvalue weighted by Gasteiger charge is 2.01. The molecule has 0 aromatic heterocycles. The fraction of sp³-hybridized carbons (Fsp3) is 0.364. The van der Waals surface area contributed by atoms with Crippen LogP contribution in [0.4, 0.5) is 0 Å². The quantitative estimate of drug-likeness (QED) is 0.636. The summed E-state index contributed by atoms with van der Waals surface area (Å²) in [7, 11) is 0. The van der Waals surface area contributed by atoms with E-state index in [-0.39, 0.29) is 0 Å². The smallest absolute Gasteiger partial charge is 0.139 e. The summed E-state index contributed by atoms with van der Waals surface area (Å²) < 4.78 is 6.51. The molecule has 0 aliphatic carbocycles. The first-order chi connectivity index (χ1) is 7.59. The van der Waals surface area contributed by atoms with Gasteiger partial charge in [0, 0.05) is 4.47 Å². The van der Waals surface area contributed by atoms with Gasteiger partial charge < -0.3 is 10.5 Å². The van der Waals surface area contributed by atoms with Gasteiger partial charge in [0.1, 0.15) is 5.75 Å². The predicted octanol–water partition coefficient (Wildman–Crippen LogP) is 3.94. The first-order valence-corrected chi connectivity index (χ1v) is 6.53. The number of ether oxygens (including phenoxy) is 1. The van der Waals surface area contributed by atoms with Crippen molar-refractivity contribution in [2.75, 3.05) is 6.61 Å². The molecule has 1 aromatic carbocycles. The molecule has 5 heteroatoms. The molecule has 1 rings (SSSR count). The molecule has 0 unspecified atom stereocenters. The Morgan fingerprint density at radius 3 is 2.88 bits per heavy atom. The van der Waals surface area contributed by atoms with Gasteiger partial charge in [-0.25, -0.2) is 0 Å². The maximum absolute atomic E-state index is 5.97. The number of nitrogens with two attached hydrogens (primary N) is 1. The van der Waals surface area contributed by atoms with Gasteiger partial charge in [0.15, 0.2) is 0 Å². The molecule has 0 amide bonds. The van der Waals surface area contributed by atoms with Crippen molar-refractivity contribution in [2.24, 2.45) is 5.73 Å². The van der Waals surface area contributed by atoms with Crippen LogP contribution in [-0.4, -0.2) is 11.6 Å². The van der Waals surface area contributed by atoms with E-state index >= 15 is 0 Å². The molecule has 0 heterocycles. The standard InChI is InChI=1S/C11H13BrClNOS/c12-8-4-5-9(13)10(7-8)15-6-2-1-3-11(14)16/h4-5,7H,1-3,6H2,(H2,14,16). The van der Waals surface area contributed by atoms with Crippen LogP contribution in [0.1, 0.15) is 19.3 Å². The third kappa shape index (κ3) is 5.14. The zero-order chi connectivity index (χ0) is 12.0. The van der Waals surface area contributed by atoms with Crippen LogP contribution in [0.3, 0.4) is 0 Å². The zero-order valence-electron chi connectivity index (χ0n) is 8.71. The minimum Gasteiger partial charge on any atom is -0.492 e. The molecule has 0 aliphatic rings. The molecule has 0 spiro atoms. The summed E-state index contributed by atoms with van der Waals surface area (Å²) in [6.07, 6.45) is 2.63. The van der Waals surface area contributed by atoms with E-state index in [0.717, 1.165) is 23.7 Å². The van der Waals surface area contributed by atoms with Crippen LogP contribution < -0.4 is 10.5 Å².